The first-order valence-corrected chi connectivity index (χ1v) is 5.85. The zero-order chi connectivity index (χ0) is 10.2. The van der Waals surface area contributed by atoms with Crippen LogP contribution >= 0.6 is 11.3 Å². The Bertz CT molecular complexity index is 352. The van der Waals surface area contributed by atoms with Crippen LogP contribution in [-0.4, -0.2) is 11.3 Å². The molecule has 2 nitrogen and oxygen atoms in total. The number of nitrogens with two attached hydrogens (primary N) is 1. The Balaban J connectivity index is 2.06. The van der Waals surface area contributed by atoms with E-state index in [1.807, 2.05) is 18.4 Å². The maximum atomic E-state index is 11.9. The van der Waals surface area contributed by atoms with Gasteiger partial charge in [0.15, 0.2) is 5.78 Å². The molecule has 1 aliphatic carbocycles. The van der Waals surface area contributed by atoms with Crippen molar-refractivity contribution in [3.05, 3.63) is 21.9 Å². The van der Waals surface area contributed by atoms with Crippen LogP contribution in [0, 0.1) is 6.92 Å². The van der Waals surface area contributed by atoms with E-state index >= 15 is 0 Å². The number of hydrogen-bond donors (Lipinski definition) is 1. The first kappa shape index (κ1) is 9.87. The monoisotopic (exact) mass is 209 g/mol. The van der Waals surface area contributed by atoms with Crippen LogP contribution in [0.4, 0.5) is 0 Å². The molecule has 76 valence electrons. The van der Waals surface area contributed by atoms with Gasteiger partial charge in [-0.2, -0.15) is 0 Å². The van der Waals surface area contributed by atoms with Crippen LogP contribution in [0.15, 0.2) is 11.4 Å². The standard InChI is InChI=1S/C11H15NOS/c1-8-3-6-14-10(8)9(13)7-11(12)4-2-5-11/h3,6H,2,4-5,7,12H2,1H3. The van der Waals surface area contributed by atoms with Crippen molar-refractivity contribution in [1.29, 1.82) is 0 Å². The van der Waals surface area contributed by atoms with Crippen molar-refractivity contribution in [1.82, 2.24) is 0 Å². The first-order valence-electron chi connectivity index (χ1n) is 4.97. The first-order chi connectivity index (χ1) is 6.61. The molecule has 1 aromatic heterocycles. The van der Waals surface area contributed by atoms with E-state index in [0.29, 0.717) is 6.42 Å². The zero-order valence-corrected chi connectivity index (χ0v) is 9.19. The quantitative estimate of drug-likeness (QED) is 0.777. The summed E-state index contributed by atoms with van der Waals surface area (Å²) in [6.45, 7) is 1.98. The van der Waals surface area contributed by atoms with E-state index in [1.54, 1.807) is 0 Å². The Morgan fingerprint density at radius 2 is 2.36 bits per heavy atom. The van der Waals surface area contributed by atoms with Crippen LogP contribution in [0.2, 0.25) is 0 Å². The van der Waals surface area contributed by atoms with Crippen molar-refractivity contribution >= 4 is 17.1 Å². The lowest BCUT2D eigenvalue weighted by Crippen LogP contribution is -2.48. The molecule has 1 fully saturated rings. The number of hydrogen-bond acceptors (Lipinski definition) is 3. The molecule has 0 bridgehead atoms. The number of aryl methyl sites for hydroxylation is 1. The van der Waals surface area contributed by atoms with E-state index in [-0.39, 0.29) is 11.3 Å². The molecule has 0 aliphatic heterocycles. The number of rotatable bonds is 3. The highest BCUT2D eigenvalue weighted by molar-refractivity contribution is 7.12. The van der Waals surface area contributed by atoms with Gasteiger partial charge in [0, 0.05) is 12.0 Å². The van der Waals surface area contributed by atoms with Crippen molar-refractivity contribution < 1.29 is 4.79 Å². The van der Waals surface area contributed by atoms with Gasteiger partial charge in [0.25, 0.3) is 0 Å². The summed E-state index contributed by atoms with van der Waals surface area (Å²) in [6.07, 6.45) is 3.70. The van der Waals surface area contributed by atoms with Gasteiger partial charge in [0.1, 0.15) is 0 Å². The molecule has 2 N–H and O–H groups in total. The maximum Gasteiger partial charge on any atom is 0.174 e. The predicted molar refractivity (Wildman–Crippen MR) is 58.8 cm³/mol. The lowest BCUT2D eigenvalue weighted by Gasteiger charge is -2.37. The van der Waals surface area contributed by atoms with E-state index in [2.05, 4.69) is 0 Å². The molecular formula is C11H15NOS. The molecule has 0 spiro atoms. The van der Waals surface area contributed by atoms with Crippen molar-refractivity contribution in [2.45, 2.75) is 38.1 Å². The molecule has 1 aliphatic rings. The fourth-order valence-electron chi connectivity index (χ4n) is 1.87. The van der Waals surface area contributed by atoms with Gasteiger partial charge >= 0.3 is 0 Å². The van der Waals surface area contributed by atoms with Crippen LogP contribution in [0.1, 0.15) is 40.9 Å². The van der Waals surface area contributed by atoms with Crippen molar-refractivity contribution in [2.75, 3.05) is 0 Å². The zero-order valence-electron chi connectivity index (χ0n) is 8.38. The van der Waals surface area contributed by atoms with Crippen LogP contribution < -0.4 is 5.73 Å². The van der Waals surface area contributed by atoms with Gasteiger partial charge in [0.05, 0.1) is 4.88 Å². The van der Waals surface area contributed by atoms with Gasteiger partial charge in [-0.25, -0.2) is 0 Å². The van der Waals surface area contributed by atoms with Crippen LogP contribution in [0.25, 0.3) is 0 Å². The number of thiophene rings is 1. The fourth-order valence-corrected chi connectivity index (χ4v) is 2.73. The Kier molecular flexibility index (Phi) is 2.45. The highest BCUT2D eigenvalue weighted by atomic mass is 32.1. The highest BCUT2D eigenvalue weighted by Crippen LogP contribution is 2.34. The molecule has 0 amide bonds. The highest BCUT2D eigenvalue weighted by Gasteiger charge is 2.35. The average molecular weight is 209 g/mol. The summed E-state index contributed by atoms with van der Waals surface area (Å²) in [5.74, 6) is 0.222. The van der Waals surface area contributed by atoms with Gasteiger partial charge in [0.2, 0.25) is 0 Å². The summed E-state index contributed by atoms with van der Waals surface area (Å²) in [4.78, 5) is 12.8. The fraction of sp³-hybridized carbons (Fsp3) is 0.545. The molecule has 0 aromatic carbocycles. The lowest BCUT2D eigenvalue weighted by atomic mass is 9.74. The molecule has 0 atom stereocenters. The Hall–Kier alpha value is -0.670. The minimum Gasteiger partial charge on any atom is -0.325 e. The third-order valence-electron chi connectivity index (χ3n) is 2.98. The van der Waals surface area contributed by atoms with E-state index in [0.717, 1.165) is 23.3 Å². The van der Waals surface area contributed by atoms with E-state index in [1.165, 1.54) is 17.8 Å². The van der Waals surface area contributed by atoms with Gasteiger partial charge in [-0.3, -0.25) is 4.79 Å². The number of Topliss-reactive ketones (excluding diaryl/α,β-unsaturated/α-hetero) is 1. The van der Waals surface area contributed by atoms with Gasteiger partial charge in [-0.15, -0.1) is 11.3 Å². The second kappa shape index (κ2) is 3.48. The van der Waals surface area contributed by atoms with Crippen molar-refractivity contribution in [3.8, 4) is 0 Å². The number of carbonyl (C=O) groups is 1. The maximum absolute atomic E-state index is 11.9. The van der Waals surface area contributed by atoms with Crippen LogP contribution in [0.5, 0.6) is 0 Å². The molecule has 1 saturated carbocycles. The lowest BCUT2D eigenvalue weighted by molar-refractivity contribution is 0.0916. The summed E-state index contributed by atoms with van der Waals surface area (Å²) in [5.41, 5.74) is 6.94. The van der Waals surface area contributed by atoms with Gasteiger partial charge in [-0.1, -0.05) is 0 Å². The molecule has 1 heterocycles. The normalized spacial score (nSPS) is 19.0. The Labute approximate surface area is 88.1 Å². The van der Waals surface area contributed by atoms with Crippen LogP contribution in [-0.2, 0) is 0 Å². The summed E-state index contributed by atoms with van der Waals surface area (Å²) >= 11 is 1.53. The summed E-state index contributed by atoms with van der Waals surface area (Å²) in [7, 11) is 0. The summed E-state index contributed by atoms with van der Waals surface area (Å²) in [5, 5.41) is 1.96. The third-order valence-corrected chi connectivity index (χ3v) is 4.03. The van der Waals surface area contributed by atoms with E-state index in [9.17, 15) is 4.79 Å². The van der Waals surface area contributed by atoms with Crippen molar-refractivity contribution in [2.24, 2.45) is 5.73 Å². The third kappa shape index (κ3) is 1.74. The smallest absolute Gasteiger partial charge is 0.174 e. The van der Waals surface area contributed by atoms with Gasteiger partial charge < -0.3 is 5.73 Å². The molecule has 3 heteroatoms. The van der Waals surface area contributed by atoms with Crippen LogP contribution in [0.3, 0.4) is 0 Å². The number of carbonyl (C=O) groups excluding carboxylic acids is 1. The molecule has 0 saturated heterocycles. The van der Waals surface area contributed by atoms with E-state index in [4.69, 9.17) is 5.73 Å². The molecule has 0 unspecified atom stereocenters. The molecule has 1 aromatic rings. The minimum absolute atomic E-state index is 0.187. The Morgan fingerprint density at radius 1 is 1.64 bits per heavy atom. The molecule has 14 heavy (non-hydrogen) atoms. The SMILES string of the molecule is Cc1ccsc1C(=O)CC1(N)CCC1. The topological polar surface area (TPSA) is 43.1 Å². The summed E-state index contributed by atoms with van der Waals surface area (Å²) in [6, 6.07) is 1.99. The second-order valence-electron chi connectivity index (χ2n) is 4.25. The summed E-state index contributed by atoms with van der Waals surface area (Å²) < 4.78 is 0. The van der Waals surface area contributed by atoms with E-state index < -0.39 is 0 Å². The minimum atomic E-state index is -0.187. The predicted octanol–water partition coefficient (Wildman–Crippen LogP) is 2.51. The molecule has 2 rings (SSSR count). The average Bonchev–Trinajstić information content (AvgIpc) is 2.48. The largest absolute Gasteiger partial charge is 0.325 e. The van der Waals surface area contributed by atoms with Gasteiger partial charge in [-0.05, 0) is 43.2 Å². The molecule has 0 radical (unpaired) electrons. The second-order valence-corrected chi connectivity index (χ2v) is 5.16. The number of ketones is 1. The molecular weight excluding hydrogens is 194 g/mol. The Morgan fingerprint density at radius 3 is 2.79 bits per heavy atom. The van der Waals surface area contributed by atoms with Crippen molar-refractivity contribution in [3.63, 3.8) is 0 Å².